The third-order valence-electron chi connectivity index (χ3n) is 13.3. The van der Waals surface area contributed by atoms with E-state index in [9.17, 15) is 25.2 Å². The average molecular weight is 612 g/mol. The lowest BCUT2D eigenvalue weighted by Crippen LogP contribution is -2.64. The van der Waals surface area contributed by atoms with Crippen LogP contribution in [-0.2, 0) is 25.7 Å². The molecule has 0 radical (unpaired) electrons. The van der Waals surface area contributed by atoms with E-state index in [1.54, 1.807) is 11.1 Å². The molecule has 5 fully saturated rings. The van der Waals surface area contributed by atoms with E-state index in [1.165, 1.54) is 0 Å². The van der Waals surface area contributed by atoms with Crippen LogP contribution in [0.5, 0.6) is 0 Å². The van der Waals surface area contributed by atoms with E-state index in [4.69, 9.17) is 14.3 Å². The first kappa shape index (κ1) is 30.8. The molecule has 4 aliphatic carbocycles. The van der Waals surface area contributed by atoms with Crippen molar-refractivity contribution < 1.29 is 39.5 Å². The van der Waals surface area contributed by atoms with E-state index in [1.807, 2.05) is 30.3 Å². The Morgan fingerprint density at radius 3 is 2.50 bits per heavy atom. The maximum atomic E-state index is 12.6. The molecule has 0 aromatic heterocycles. The fourth-order valence-corrected chi connectivity index (χ4v) is 10.7. The highest BCUT2D eigenvalue weighted by molar-refractivity contribution is 5.85. The Bertz CT molecular complexity index is 1260. The first-order valence-corrected chi connectivity index (χ1v) is 16.8. The van der Waals surface area contributed by atoms with Crippen LogP contribution in [0.1, 0.15) is 77.2 Å². The predicted molar refractivity (Wildman–Crippen MR) is 160 cm³/mol. The standard InChI is InChI=1S/C35H49NO8/c1-33-13-10-24(36(44-18-21-6-4-3-5-7-21)32-31(40)30(39)28(37)20-43-32)17-23(33)8-9-27-26(33)11-14-34(2)25(12-15-35(27,34)41)22-16-29(38)42-19-22/h3-7,16,23-28,30-32,37,39-41H,8-15,17-20H2,1-2H3/t23-,24+,25-,26+,27-,28+,30-,31+,32+,33+,34-,35+/m1/s1. The molecule has 9 heteroatoms. The Labute approximate surface area is 260 Å². The highest BCUT2D eigenvalue weighted by Crippen LogP contribution is 2.70. The minimum absolute atomic E-state index is 0.0184. The minimum atomic E-state index is -1.31. The number of rotatable bonds is 6. The van der Waals surface area contributed by atoms with Gasteiger partial charge < -0.3 is 29.9 Å². The molecule has 242 valence electrons. The van der Waals surface area contributed by atoms with Crippen LogP contribution in [0.4, 0.5) is 0 Å². The molecule has 4 saturated carbocycles. The number of hydrogen-bond acceptors (Lipinski definition) is 9. The quantitative estimate of drug-likeness (QED) is 0.282. The van der Waals surface area contributed by atoms with Crippen LogP contribution in [0.2, 0.25) is 0 Å². The van der Waals surface area contributed by atoms with Gasteiger partial charge in [0.25, 0.3) is 0 Å². The molecule has 0 bridgehead atoms. The molecule has 44 heavy (non-hydrogen) atoms. The van der Waals surface area contributed by atoms with E-state index < -0.39 is 30.1 Å². The fraction of sp³-hybridized carbons (Fsp3) is 0.743. The second kappa shape index (κ2) is 11.4. The van der Waals surface area contributed by atoms with Crippen molar-refractivity contribution in [1.82, 2.24) is 5.06 Å². The molecule has 12 atom stereocenters. The normalized spacial score (nSPS) is 47.0. The van der Waals surface area contributed by atoms with Crippen molar-refractivity contribution in [3.8, 4) is 0 Å². The van der Waals surface area contributed by atoms with Gasteiger partial charge in [-0.1, -0.05) is 44.2 Å². The number of cyclic esters (lactones) is 1. The van der Waals surface area contributed by atoms with Gasteiger partial charge in [-0.25, -0.2) is 4.79 Å². The monoisotopic (exact) mass is 611 g/mol. The first-order chi connectivity index (χ1) is 21.0. The number of esters is 1. The maximum Gasteiger partial charge on any atom is 0.331 e. The molecule has 9 nitrogen and oxygen atoms in total. The van der Waals surface area contributed by atoms with E-state index in [-0.39, 0.29) is 41.3 Å². The van der Waals surface area contributed by atoms with Crippen molar-refractivity contribution >= 4 is 5.97 Å². The Balaban J connectivity index is 1.10. The lowest BCUT2D eigenvalue weighted by atomic mass is 9.43. The maximum absolute atomic E-state index is 12.6. The summed E-state index contributed by atoms with van der Waals surface area (Å²) in [6.07, 6.45) is 5.44. The molecule has 0 unspecified atom stereocenters. The molecular formula is C35H49NO8. The molecule has 4 N–H and O–H groups in total. The third kappa shape index (κ3) is 4.81. The molecule has 1 aromatic carbocycles. The lowest BCUT2D eigenvalue weighted by molar-refractivity contribution is -0.339. The fourth-order valence-electron chi connectivity index (χ4n) is 10.7. The van der Waals surface area contributed by atoms with Crippen LogP contribution in [0.25, 0.3) is 0 Å². The van der Waals surface area contributed by atoms with Crippen LogP contribution in [0, 0.1) is 34.5 Å². The summed E-state index contributed by atoms with van der Waals surface area (Å²) in [6.45, 7) is 5.31. The van der Waals surface area contributed by atoms with Crippen molar-refractivity contribution in [3.05, 3.63) is 47.5 Å². The van der Waals surface area contributed by atoms with Crippen molar-refractivity contribution in [2.45, 2.75) is 114 Å². The summed E-state index contributed by atoms with van der Waals surface area (Å²) in [5.41, 5.74) is 1.14. The third-order valence-corrected chi connectivity index (χ3v) is 13.3. The predicted octanol–water partition coefficient (Wildman–Crippen LogP) is 3.48. The number of aliphatic hydroxyl groups is 4. The molecule has 1 saturated heterocycles. The molecule has 0 spiro atoms. The molecule has 7 rings (SSSR count). The summed E-state index contributed by atoms with van der Waals surface area (Å²) in [6, 6.07) is 9.87. The van der Waals surface area contributed by atoms with Crippen LogP contribution >= 0.6 is 0 Å². The summed E-state index contributed by atoms with van der Waals surface area (Å²) in [5, 5.41) is 46.0. The lowest BCUT2D eigenvalue weighted by Gasteiger charge is -2.64. The van der Waals surface area contributed by atoms with Crippen molar-refractivity contribution in [2.75, 3.05) is 13.2 Å². The van der Waals surface area contributed by atoms with Gasteiger partial charge in [0, 0.05) is 17.5 Å². The Kier molecular flexibility index (Phi) is 8.00. The SMILES string of the molecule is C[C@]12CC[C@H](N(OCc3ccccc3)[C@H]3OC[C@H](O)[C@@H](O)[C@@H]3O)C[C@H]1CC[C@@H]1[C@@H]2CC[C@]2(C)[C@@H](C3=CC(=O)OC3)CC[C@]12O. The van der Waals surface area contributed by atoms with Gasteiger partial charge in [0.05, 0.1) is 18.8 Å². The van der Waals surface area contributed by atoms with E-state index in [2.05, 4.69) is 13.8 Å². The molecule has 1 aromatic rings. The number of hydroxylamine groups is 2. The number of carbonyl (C=O) groups is 1. The molecule has 2 heterocycles. The second-order valence-electron chi connectivity index (χ2n) is 15.1. The average Bonchev–Trinajstić information content (AvgIpc) is 3.56. The Morgan fingerprint density at radius 2 is 1.75 bits per heavy atom. The van der Waals surface area contributed by atoms with Crippen LogP contribution in [0.15, 0.2) is 42.0 Å². The van der Waals surface area contributed by atoms with Crippen LogP contribution in [0.3, 0.4) is 0 Å². The number of benzene rings is 1. The number of ether oxygens (including phenoxy) is 2. The van der Waals surface area contributed by atoms with Gasteiger partial charge in [0.1, 0.15) is 24.9 Å². The Hall–Kier alpha value is -1.85. The number of aliphatic hydroxyl groups excluding tert-OH is 3. The number of fused-ring (bicyclic) bond motifs is 5. The zero-order valence-electron chi connectivity index (χ0n) is 26.0. The molecule has 0 amide bonds. The zero-order chi connectivity index (χ0) is 30.9. The van der Waals surface area contributed by atoms with Crippen molar-refractivity contribution in [1.29, 1.82) is 0 Å². The van der Waals surface area contributed by atoms with Crippen molar-refractivity contribution in [2.24, 2.45) is 34.5 Å². The number of hydrogen-bond donors (Lipinski definition) is 4. The summed E-state index contributed by atoms with van der Waals surface area (Å²) in [4.78, 5) is 18.3. The molecular weight excluding hydrogens is 562 g/mol. The topological polar surface area (TPSA) is 129 Å². The highest BCUT2D eigenvalue weighted by atomic mass is 16.7. The van der Waals surface area contributed by atoms with Gasteiger partial charge in [0.15, 0.2) is 6.23 Å². The van der Waals surface area contributed by atoms with Gasteiger partial charge in [-0.05, 0) is 98.0 Å². The summed E-state index contributed by atoms with van der Waals surface area (Å²) in [5.74, 6) is 1.01. The summed E-state index contributed by atoms with van der Waals surface area (Å²) < 4.78 is 11.2. The number of nitrogens with zero attached hydrogens (tertiary/aromatic N) is 1. The van der Waals surface area contributed by atoms with E-state index >= 15 is 0 Å². The van der Waals surface area contributed by atoms with Gasteiger partial charge in [0.2, 0.25) is 0 Å². The molecule has 6 aliphatic rings. The zero-order valence-corrected chi connectivity index (χ0v) is 26.0. The van der Waals surface area contributed by atoms with Gasteiger partial charge >= 0.3 is 5.97 Å². The van der Waals surface area contributed by atoms with Crippen LogP contribution < -0.4 is 0 Å². The van der Waals surface area contributed by atoms with Gasteiger partial charge in [-0.3, -0.25) is 4.84 Å². The van der Waals surface area contributed by atoms with Gasteiger partial charge in [-0.2, -0.15) is 5.06 Å². The van der Waals surface area contributed by atoms with Crippen LogP contribution in [-0.4, -0.2) is 80.9 Å². The molecule has 2 aliphatic heterocycles. The van der Waals surface area contributed by atoms with Gasteiger partial charge in [-0.15, -0.1) is 0 Å². The van der Waals surface area contributed by atoms with E-state index in [0.29, 0.717) is 25.0 Å². The largest absolute Gasteiger partial charge is 0.458 e. The first-order valence-electron chi connectivity index (χ1n) is 16.8. The van der Waals surface area contributed by atoms with Crippen molar-refractivity contribution in [3.63, 3.8) is 0 Å². The van der Waals surface area contributed by atoms with E-state index in [0.717, 1.165) is 68.9 Å². The minimum Gasteiger partial charge on any atom is -0.458 e. The highest BCUT2D eigenvalue weighted by Gasteiger charge is 2.68. The second-order valence-corrected chi connectivity index (χ2v) is 15.1. The Morgan fingerprint density at radius 1 is 0.955 bits per heavy atom. The number of carbonyl (C=O) groups excluding carboxylic acids is 1. The summed E-state index contributed by atoms with van der Waals surface area (Å²) in [7, 11) is 0. The smallest absolute Gasteiger partial charge is 0.331 e. The summed E-state index contributed by atoms with van der Waals surface area (Å²) >= 11 is 0.